The molecule has 1 saturated heterocycles. The Balaban J connectivity index is 1.28. The molecule has 2 heterocycles. The van der Waals surface area contributed by atoms with Gasteiger partial charge in [-0.2, -0.15) is 4.98 Å². The van der Waals surface area contributed by atoms with E-state index in [2.05, 4.69) is 20.2 Å². The molecule has 0 spiro atoms. The molecule has 0 bridgehead atoms. The number of nitrogens with zero attached hydrogens (tertiary/aromatic N) is 3. The summed E-state index contributed by atoms with van der Waals surface area (Å²) in [5, 5.41) is 3.01. The minimum atomic E-state index is -3.47. The molecule has 1 N–H and O–H groups in total. The van der Waals surface area contributed by atoms with Crippen LogP contribution in [-0.4, -0.2) is 61.9 Å². The van der Waals surface area contributed by atoms with Crippen molar-refractivity contribution in [3.05, 3.63) is 71.2 Å². The average molecular weight is 511 g/mol. The summed E-state index contributed by atoms with van der Waals surface area (Å²) in [6, 6.07) is 11.5. The predicted molar refractivity (Wildman–Crippen MR) is 135 cm³/mol. The zero-order valence-corrected chi connectivity index (χ0v) is 20.7. The molecule has 1 aliphatic heterocycles. The van der Waals surface area contributed by atoms with Crippen LogP contribution in [-0.2, 0) is 21.0 Å². The smallest absolute Gasteiger partial charge is 0.230 e. The molecule has 5 rings (SSSR count). The van der Waals surface area contributed by atoms with Gasteiger partial charge in [-0.3, -0.25) is 4.90 Å². The molecular formula is C26H27FN4O4S. The molecule has 36 heavy (non-hydrogen) atoms. The van der Waals surface area contributed by atoms with Gasteiger partial charge >= 0.3 is 0 Å². The van der Waals surface area contributed by atoms with E-state index in [1.54, 1.807) is 30.3 Å². The average Bonchev–Trinajstić information content (AvgIpc) is 3.27. The number of hydrogen-bond acceptors (Lipinski definition) is 8. The lowest BCUT2D eigenvalue weighted by Gasteiger charge is -2.26. The second kappa shape index (κ2) is 10.3. The predicted octanol–water partition coefficient (Wildman–Crippen LogP) is 4.22. The second-order valence-corrected chi connectivity index (χ2v) is 11.0. The zero-order valence-electron chi connectivity index (χ0n) is 19.9. The van der Waals surface area contributed by atoms with Crippen LogP contribution in [0.2, 0.25) is 0 Å². The maximum absolute atomic E-state index is 14.9. The Bertz CT molecular complexity index is 1400. The van der Waals surface area contributed by atoms with Gasteiger partial charge in [-0.05, 0) is 43.2 Å². The van der Waals surface area contributed by atoms with Crippen LogP contribution < -0.4 is 10.1 Å². The Labute approximate surface area is 209 Å². The summed E-state index contributed by atoms with van der Waals surface area (Å²) >= 11 is 0. The maximum atomic E-state index is 14.9. The maximum Gasteiger partial charge on any atom is 0.230 e. The van der Waals surface area contributed by atoms with Gasteiger partial charge in [-0.1, -0.05) is 23.8 Å². The van der Waals surface area contributed by atoms with Crippen molar-refractivity contribution in [3.8, 4) is 11.6 Å². The van der Waals surface area contributed by atoms with Crippen LogP contribution in [0.4, 0.5) is 16.0 Å². The van der Waals surface area contributed by atoms with E-state index in [4.69, 9.17) is 9.47 Å². The molecule has 0 unspecified atom stereocenters. The lowest BCUT2D eigenvalue weighted by atomic mass is 10.1. The first-order valence-corrected chi connectivity index (χ1v) is 13.4. The highest BCUT2D eigenvalue weighted by atomic mass is 32.2. The Kier molecular flexibility index (Phi) is 6.99. The van der Waals surface area contributed by atoms with Crippen LogP contribution in [0, 0.1) is 5.82 Å². The number of hydrogen-bond donors (Lipinski definition) is 1. The van der Waals surface area contributed by atoms with Gasteiger partial charge in [-0.15, -0.1) is 0 Å². The van der Waals surface area contributed by atoms with Gasteiger partial charge in [0.15, 0.2) is 21.4 Å². The highest BCUT2D eigenvalue weighted by Gasteiger charge is 2.20. The molecule has 0 atom stereocenters. The number of benzene rings is 2. The number of sulfone groups is 1. The van der Waals surface area contributed by atoms with Crippen LogP contribution in [0.3, 0.4) is 0 Å². The monoisotopic (exact) mass is 510 g/mol. The van der Waals surface area contributed by atoms with Gasteiger partial charge in [0.2, 0.25) is 11.8 Å². The van der Waals surface area contributed by atoms with Crippen molar-refractivity contribution in [2.75, 3.05) is 43.9 Å². The number of fused-ring (bicyclic) bond motifs is 1. The number of morpholine rings is 1. The van der Waals surface area contributed by atoms with Gasteiger partial charge < -0.3 is 14.8 Å². The fourth-order valence-electron chi connectivity index (χ4n) is 4.26. The molecule has 3 aromatic rings. The van der Waals surface area contributed by atoms with E-state index in [1.807, 2.05) is 19.1 Å². The topological polar surface area (TPSA) is 93.6 Å². The van der Waals surface area contributed by atoms with Gasteiger partial charge in [-0.25, -0.2) is 17.8 Å². The summed E-state index contributed by atoms with van der Waals surface area (Å²) in [7, 11) is -3.47. The third-order valence-electron chi connectivity index (χ3n) is 6.17. The number of anilines is 2. The number of ether oxygens (including phenoxy) is 2. The fourth-order valence-corrected chi connectivity index (χ4v) is 5.59. The first kappa shape index (κ1) is 24.4. The molecule has 8 nitrogen and oxygen atoms in total. The molecule has 1 aliphatic carbocycles. The quantitative estimate of drug-likeness (QED) is 0.482. The van der Waals surface area contributed by atoms with E-state index in [0.717, 1.165) is 30.6 Å². The van der Waals surface area contributed by atoms with Gasteiger partial charge in [0, 0.05) is 43.1 Å². The number of halogens is 1. The Morgan fingerprint density at radius 2 is 2.00 bits per heavy atom. The van der Waals surface area contributed by atoms with E-state index in [1.165, 1.54) is 12.3 Å². The lowest BCUT2D eigenvalue weighted by molar-refractivity contribution is 0.0408. The number of allylic oxidation sites excluding steroid dienone is 1. The first-order chi connectivity index (χ1) is 17.4. The van der Waals surface area contributed by atoms with E-state index in [0.29, 0.717) is 31.0 Å². The van der Waals surface area contributed by atoms with E-state index in [-0.39, 0.29) is 28.2 Å². The van der Waals surface area contributed by atoms with Crippen molar-refractivity contribution in [2.45, 2.75) is 18.2 Å². The third kappa shape index (κ3) is 5.56. The second-order valence-electron chi connectivity index (χ2n) is 8.86. The number of rotatable bonds is 8. The van der Waals surface area contributed by atoms with Crippen molar-refractivity contribution in [2.24, 2.45) is 0 Å². The summed E-state index contributed by atoms with van der Waals surface area (Å²) in [4.78, 5) is 10.8. The van der Waals surface area contributed by atoms with Gasteiger partial charge in [0.05, 0.1) is 23.9 Å². The summed E-state index contributed by atoms with van der Waals surface area (Å²) in [6.45, 7) is 5.14. The van der Waals surface area contributed by atoms with Crippen LogP contribution in [0.5, 0.6) is 11.6 Å². The van der Waals surface area contributed by atoms with Crippen LogP contribution in [0.1, 0.15) is 18.1 Å². The summed E-state index contributed by atoms with van der Waals surface area (Å²) in [5.74, 6) is 0.0503. The minimum Gasteiger partial charge on any atom is -0.436 e. The summed E-state index contributed by atoms with van der Waals surface area (Å²) < 4.78 is 51.7. The molecule has 0 amide bonds. The first-order valence-electron chi connectivity index (χ1n) is 11.8. The Hall–Kier alpha value is -3.34. The minimum absolute atomic E-state index is 0.0251. The van der Waals surface area contributed by atoms with Gasteiger partial charge in [0.1, 0.15) is 0 Å². The molecule has 188 valence electrons. The van der Waals surface area contributed by atoms with Crippen molar-refractivity contribution in [1.82, 2.24) is 14.9 Å². The molecule has 2 aliphatic rings. The van der Waals surface area contributed by atoms with Crippen molar-refractivity contribution in [3.63, 3.8) is 0 Å². The largest absolute Gasteiger partial charge is 0.436 e. The Morgan fingerprint density at radius 3 is 2.83 bits per heavy atom. The van der Waals surface area contributed by atoms with Crippen molar-refractivity contribution < 1.29 is 22.3 Å². The van der Waals surface area contributed by atoms with Crippen LogP contribution >= 0.6 is 0 Å². The highest BCUT2D eigenvalue weighted by molar-refractivity contribution is 7.91. The third-order valence-corrected chi connectivity index (χ3v) is 7.86. The molecule has 2 aromatic carbocycles. The van der Waals surface area contributed by atoms with Gasteiger partial charge in [0.25, 0.3) is 0 Å². The molecular weight excluding hydrogens is 483 g/mol. The molecule has 0 radical (unpaired) electrons. The SMILES string of the molecule is CC1=Cc2c(ccc(Oc3ccnc(Nc4cccc(S(=O)(=O)CCN5CCOCC5)c4)n3)c2F)C1. The molecule has 1 aromatic heterocycles. The normalized spacial score (nSPS) is 15.9. The highest BCUT2D eigenvalue weighted by Crippen LogP contribution is 2.34. The molecule has 10 heteroatoms. The number of aromatic nitrogens is 2. The molecule has 1 fully saturated rings. The van der Waals surface area contributed by atoms with E-state index in [9.17, 15) is 12.8 Å². The summed E-state index contributed by atoms with van der Waals surface area (Å²) in [5.41, 5.74) is 3.09. The van der Waals surface area contributed by atoms with Crippen LogP contribution in [0.25, 0.3) is 6.08 Å². The van der Waals surface area contributed by atoms with Crippen molar-refractivity contribution >= 4 is 27.5 Å². The van der Waals surface area contributed by atoms with Crippen LogP contribution in [0.15, 0.2) is 59.1 Å². The lowest BCUT2D eigenvalue weighted by Crippen LogP contribution is -2.39. The Morgan fingerprint density at radius 1 is 1.17 bits per heavy atom. The number of nitrogens with one attached hydrogen (secondary N) is 1. The summed E-state index contributed by atoms with van der Waals surface area (Å²) in [6.07, 6.45) is 4.05. The standard InChI is InChI=1S/C26H27FN4O4S/c1-18-15-19-5-6-23(25(27)22(19)16-18)35-24-7-8-28-26(30-24)29-20-3-2-4-21(17-20)36(32,33)14-11-31-9-12-34-13-10-31/h2-8,16-17H,9-15H2,1H3,(H,28,29,30). The fraction of sp³-hybridized carbons (Fsp3) is 0.308. The van der Waals surface area contributed by atoms with E-state index < -0.39 is 15.7 Å². The zero-order chi connectivity index (χ0) is 25.1. The molecule has 0 saturated carbocycles. The van der Waals surface area contributed by atoms with Crippen molar-refractivity contribution in [1.29, 1.82) is 0 Å². The van der Waals surface area contributed by atoms with E-state index >= 15 is 0 Å².